The van der Waals surface area contributed by atoms with Gasteiger partial charge in [0.05, 0.1) is 12.9 Å². The minimum Gasteiger partial charge on any atom is -0.490 e. The minimum atomic E-state index is -0.127. The molecule has 0 radical (unpaired) electrons. The van der Waals surface area contributed by atoms with Gasteiger partial charge in [-0.05, 0) is 80.1 Å². The van der Waals surface area contributed by atoms with Crippen molar-refractivity contribution in [3.05, 3.63) is 59.6 Å². The van der Waals surface area contributed by atoms with Crippen LogP contribution in [0.2, 0.25) is 0 Å². The lowest BCUT2D eigenvalue weighted by Gasteiger charge is -2.37. The molecule has 3 unspecified atom stereocenters. The Morgan fingerprint density at radius 3 is 2.82 bits per heavy atom. The van der Waals surface area contributed by atoms with Gasteiger partial charge in [-0.3, -0.25) is 0 Å². The molecule has 3 aliphatic carbocycles. The van der Waals surface area contributed by atoms with E-state index in [2.05, 4.69) is 30.9 Å². The highest BCUT2D eigenvalue weighted by atomic mass is 16.7. The summed E-state index contributed by atoms with van der Waals surface area (Å²) in [6, 6.07) is 4.50. The molecule has 0 spiro atoms. The molecule has 0 aromatic heterocycles. The monoisotopic (exact) mass is 466 g/mol. The van der Waals surface area contributed by atoms with Gasteiger partial charge in [0.1, 0.15) is 30.8 Å². The second-order valence-corrected chi connectivity index (χ2v) is 9.80. The molecule has 34 heavy (non-hydrogen) atoms. The maximum Gasteiger partial charge on any atom is 0.188 e. The van der Waals surface area contributed by atoms with Crippen LogP contribution in [0.15, 0.2) is 42.9 Å². The summed E-state index contributed by atoms with van der Waals surface area (Å²) in [4.78, 5) is 0. The van der Waals surface area contributed by atoms with Gasteiger partial charge >= 0.3 is 0 Å². The summed E-state index contributed by atoms with van der Waals surface area (Å²) in [6.45, 7) is 5.90. The Labute approximate surface area is 203 Å². The molecule has 1 fully saturated rings. The number of ether oxygens (including phenoxy) is 5. The van der Waals surface area contributed by atoms with E-state index in [0.29, 0.717) is 38.3 Å². The Kier molecular flexibility index (Phi) is 7.92. The van der Waals surface area contributed by atoms with Crippen LogP contribution in [0.1, 0.15) is 61.6 Å². The lowest BCUT2D eigenvalue weighted by molar-refractivity contribution is -0.0437. The highest BCUT2D eigenvalue weighted by molar-refractivity contribution is 5.80. The van der Waals surface area contributed by atoms with Gasteiger partial charge in [-0.2, -0.15) is 0 Å². The minimum absolute atomic E-state index is 0.127. The van der Waals surface area contributed by atoms with Crippen LogP contribution in [0, 0.1) is 11.8 Å². The topological polar surface area (TPSA) is 46.2 Å². The summed E-state index contributed by atoms with van der Waals surface area (Å²) in [5.41, 5.74) is 5.73. The van der Waals surface area contributed by atoms with Crippen molar-refractivity contribution in [3.8, 4) is 5.75 Å². The van der Waals surface area contributed by atoms with Crippen molar-refractivity contribution in [1.29, 1.82) is 0 Å². The third kappa shape index (κ3) is 5.21. The van der Waals surface area contributed by atoms with Gasteiger partial charge in [0, 0.05) is 17.7 Å². The van der Waals surface area contributed by atoms with Crippen LogP contribution in [0.5, 0.6) is 5.75 Å². The van der Waals surface area contributed by atoms with Crippen molar-refractivity contribution in [3.63, 3.8) is 0 Å². The Morgan fingerprint density at radius 2 is 1.88 bits per heavy atom. The fraction of sp³-hybridized carbons (Fsp3) is 0.586. The molecule has 0 N–H and O–H groups in total. The quantitative estimate of drug-likeness (QED) is 0.268. The molecule has 1 aliphatic heterocycles. The van der Waals surface area contributed by atoms with E-state index in [1.807, 2.05) is 0 Å². The van der Waals surface area contributed by atoms with Crippen LogP contribution < -0.4 is 4.74 Å². The second-order valence-electron chi connectivity index (χ2n) is 9.80. The number of rotatable bonds is 8. The summed E-state index contributed by atoms with van der Waals surface area (Å²) in [5.74, 6) is 3.18. The van der Waals surface area contributed by atoms with E-state index in [0.717, 1.165) is 24.4 Å². The van der Waals surface area contributed by atoms with Crippen LogP contribution in [0.3, 0.4) is 0 Å². The van der Waals surface area contributed by atoms with Crippen molar-refractivity contribution in [1.82, 2.24) is 0 Å². The van der Waals surface area contributed by atoms with Crippen molar-refractivity contribution in [2.24, 2.45) is 11.8 Å². The Morgan fingerprint density at radius 1 is 1.00 bits per heavy atom. The summed E-state index contributed by atoms with van der Waals surface area (Å²) in [5, 5.41) is 0. The highest BCUT2D eigenvalue weighted by Crippen LogP contribution is 2.49. The summed E-state index contributed by atoms with van der Waals surface area (Å²) in [7, 11) is 0. The molecular formula is C29H38O5. The molecule has 0 amide bonds. The fourth-order valence-electron chi connectivity index (χ4n) is 5.96. The molecule has 5 heteroatoms. The largest absolute Gasteiger partial charge is 0.490 e. The lowest BCUT2D eigenvalue weighted by atomic mass is 9.69. The summed E-state index contributed by atoms with van der Waals surface area (Å²) >= 11 is 0. The maximum absolute atomic E-state index is 6.51. The molecule has 4 aliphatic rings. The van der Waals surface area contributed by atoms with Gasteiger partial charge in [-0.1, -0.05) is 31.6 Å². The first-order valence-electron chi connectivity index (χ1n) is 13.1. The maximum atomic E-state index is 6.51. The number of fused-ring (bicyclic) bond motifs is 6. The first-order valence-corrected chi connectivity index (χ1v) is 13.1. The molecule has 1 aromatic rings. The Balaban J connectivity index is 1.38. The van der Waals surface area contributed by atoms with E-state index in [9.17, 15) is 0 Å². The smallest absolute Gasteiger partial charge is 0.188 e. The van der Waals surface area contributed by atoms with Crippen molar-refractivity contribution < 1.29 is 23.7 Å². The van der Waals surface area contributed by atoms with Crippen molar-refractivity contribution in [2.75, 3.05) is 33.2 Å². The second kappa shape index (κ2) is 11.5. The number of aryl methyl sites for hydroxylation is 1. The van der Waals surface area contributed by atoms with Gasteiger partial charge in [-0.15, -0.1) is 0 Å². The van der Waals surface area contributed by atoms with Crippen LogP contribution in [0.25, 0.3) is 5.57 Å². The predicted molar refractivity (Wildman–Crippen MR) is 132 cm³/mol. The number of allylic oxidation sites excluding steroid dienone is 3. The first kappa shape index (κ1) is 23.5. The van der Waals surface area contributed by atoms with Crippen LogP contribution in [-0.4, -0.2) is 39.3 Å². The molecule has 0 saturated heterocycles. The molecule has 0 bridgehead atoms. The lowest BCUT2D eigenvalue weighted by Crippen LogP contribution is -2.28. The molecule has 3 atom stereocenters. The highest BCUT2D eigenvalue weighted by Gasteiger charge is 2.36. The SMILES string of the molecule is C=COCOCCCOC1COC2=C(c3c(ccc4c3CCCC4)OC1)C1CCCCC1C=C2. The molecular weight excluding hydrogens is 428 g/mol. The number of benzene rings is 1. The zero-order valence-corrected chi connectivity index (χ0v) is 20.3. The molecule has 1 aromatic carbocycles. The third-order valence-electron chi connectivity index (χ3n) is 7.62. The Bertz CT molecular complexity index is 917. The molecule has 5 rings (SSSR count). The standard InChI is InChI=1S/C29H38O5/c1-2-30-20-31-16-7-17-32-23-18-33-26-14-12-21-8-3-5-10-24(21)28(26)29-25-11-6-4-9-22(25)13-15-27(29)34-19-23/h2,12-15,21,23-24H,1,3-11,16-20H2. The van der Waals surface area contributed by atoms with Crippen LogP contribution >= 0.6 is 0 Å². The van der Waals surface area contributed by atoms with Gasteiger partial charge in [-0.25, -0.2) is 0 Å². The van der Waals surface area contributed by atoms with Gasteiger partial charge in [0.25, 0.3) is 0 Å². The van der Waals surface area contributed by atoms with Gasteiger partial charge in [0.2, 0.25) is 0 Å². The van der Waals surface area contributed by atoms with Crippen molar-refractivity contribution in [2.45, 2.75) is 63.9 Å². The molecule has 1 heterocycles. The zero-order chi connectivity index (χ0) is 23.2. The predicted octanol–water partition coefficient (Wildman–Crippen LogP) is 5.97. The van der Waals surface area contributed by atoms with E-state index < -0.39 is 0 Å². The number of hydrogen-bond acceptors (Lipinski definition) is 5. The first-order chi connectivity index (χ1) is 16.8. The molecule has 5 nitrogen and oxygen atoms in total. The van der Waals surface area contributed by atoms with Crippen molar-refractivity contribution >= 4 is 5.57 Å². The van der Waals surface area contributed by atoms with Gasteiger partial charge in [0.15, 0.2) is 6.79 Å². The fourth-order valence-corrected chi connectivity index (χ4v) is 5.96. The normalized spacial score (nSPS) is 25.8. The third-order valence-corrected chi connectivity index (χ3v) is 7.62. The van der Waals surface area contributed by atoms with Crippen LogP contribution in [0.4, 0.5) is 0 Å². The van der Waals surface area contributed by atoms with Gasteiger partial charge < -0.3 is 23.7 Å². The summed E-state index contributed by atoms with van der Waals surface area (Å²) < 4.78 is 29.5. The van der Waals surface area contributed by atoms with E-state index in [1.165, 1.54) is 73.5 Å². The molecule has 1 saturated carbocycles. The number of hydrogen-bond donors (Lipinski definition) is 0. The average molecular weight is 467 g/mol. The van der Waals surface area contributed by atoms with Crippen LogP contribution in [-0.2, 0) is 31.8 Å². The molecule has 184 valence electrons. The van der Waals surface area contributed by atoms with E-state index in [1.54, 1.807) is 0 Å². The van der Waals surface area contributed by atoms with E-state index in [-0.39, 0.29) is 12.9 Å². The van der Waals surface area contributed by atoms with E-state index >= 15 is 0 Å². The summed E-state index contributed by atoms with van der Waals surface area (Å²) in [6.07, 6.45) is 16.6. The zero-order valence-electron chi connectivity index (χ0n) is 20.3. The average Bonchev–Trinajstić information content (AvgIpc) is 2.96. The van der Waals surface area contributed by atoms with E-state index in [4.69, 9.17) is 23.7 Å². The Hall–Kier alpha value is -2.24.